The Morgan fingerprint density at radius 1 is 1.24 bits per heavy atom. The van der Waals surface area contributed by atoms with Gasteiger partial charge in [-0.25, -0.2) is 0 Å². The molecule has 0 radical (unpaired) electrons. The zero-order chi connectivity index (χ0) is 15.9. The number of amides is 2. The molecule has 21 heavy (non-hydrogen) atoms. The lowest BCUT2D eigenvalue weighted by Crippen LogP contribution is -2.36. The number of hydrogen-bond acceptors (Lipinski definition) is 3. The minimum atomic E-state index is -0.796. The summed E-state index contributed by atoms with van der Waals surface area (Å²) >= 11 is 0. The van der Waals surface area contributed by atoms with E-state index in [-0.39, 0.29) is 11.8 Å². The van der Waals surface area contributed by atoms with Gasteiger partial charge in [0.05, 0.1) is 5.41 Å². The fraction of sp³-hybridized carbons (Fsp3) is 0.800. The van der Waals surface area contributed by atoms with Crippen molar-refractivity contribution in [3.05, 3.63) is 0 Å². The highest BCUT2D eigenvalue weighted by molar-refractivity contribution is 5.80. The number of carbonyl (C=O) groups excluding carboxylic acids is 2. The molecule has 1 saturated heterocycles. The number of nitrogens with zero attached hydrogens (tertiary/aromatic N) is 1. The fourth-order valence-corrected chi connectivity index (χ4v) is 2.70. The number of carboxylic acid groups (broad SMARTS) is 1. The summed E-state index contributed by atoms with van der Waals surface area (Å²) in [7, 11) is 0. The molecule has 0 bridgehead atoms. The minimum absolute atomic E-state index is 0.0345. The Morgan fingerprint density at radius 2 is 1.95 bits per heavy atom. The molecule has 1 rings (SSSR count). The molecule has 1 atom stereocenters. The molecule has 1 fully saturated rings. The maximum Gasteiger partial charge on any atom is 0.311 e. The average molecular weight is 298 g/mol. The second-order valence-corrected chi connectivity index (χ2v) is 5.80. The SMILES string of the molecule is CCC1(C(=O)O)CCN(C(=O)CCCCCNC(C)=O)C1. The molecule has 1 unspecified atom stereocenters. The second kappa shape index (κ2) is 8.00. The van der Waals surface area contributed by atoms with Gasteiger partial charge in [0.2, 0.25) is 11.8 Å². The van der Waals surface area contributed by atoms with E-state index < -0.39 is 11.4 Å². The van der Waals surface area contributed by atoms with Gasteiger partial charge in [0.15, 0.2) is 0 Å². The van der Waals surface area contributed by atoms with Crippen LogP contribution < -0.4 is 5.32 Å². The predicted molar refractivity (Wildman–Crippen MR) is 78.7 cm³/mol. The molecule has 6 heteroatoms. The highest BCUT2D eigenvalue weighted by atomic mass is 16.4. The molecule has 0 saturated carbocycles. The Labute approximate surface area is 125 Å². The van der Waals surface area contributed by atoms with Gasteiger partial charge in [-0.2, -0.15) is 0 Å². The van der Waals surface area contributed by atoms with Gasteiger partial charge in [-0.15, -0.1) is 0 Å². The first-order valence-corrected chi connectivity index (χ1v) is 7.67. The molecular formula is C15H26N2O4. The van der Waals surface area contributed by atoms with Crippen LogP contribution in [0, 0.1) is 5.41 Å². The van der Waals surface area contributed by atoms with Gasteiger partial charge in [-0.1, -0.05) is 13.3 Å². The van der Waals surface area contributed by atoms with E-state index in [4.69, 9.17) is 0 Å². The first-order valence-electron chi connectivity index (χ1n) is 7.67. The number of aliphatic carboxylic acids is 1. The van der Waals surface area contributed by atoms with E-state index in [1.165, 1.54) is 6.92 Å². The summed E-state index contributed by atoms with van der Waals surface area (Å²) in [6.07, 6.45) is 4.09. The smallest absolute Gasteiger partial charge is 0.311 e. The van der Waals surface area contributed by atoms with Crippen LogP contribution in [0.2, 0.25) is 0 Å². The number of carbonyl (C=O) groups is 3. The van der Waals surface area contributed by atoms with Crippen LogP contribution in [-0.4, -0.2) is 47.4 Å². The van der Waals surface area contributed by atoms with Crippen molar-refractivity contribution in [3.63, 3.8) is 0 Å². The van der Waals surface area contributed by atoms with Crippen molar-refractivity contribution < 1.29 is 19.5 Å². The molecule has 0 aliphatic carbocycles. The molecule has 2 N–H and O–H groups in total. The van der Waals surface area contributed by atoms with Gasteiger partial charge in [-0.05, 0) is 25.7 Å². The minimum Gasteiger partial charge on any atom is -0.481 e. The molecule has 0 aromatic carbocycles. The topological polar surface area (TPSA) is 86.7 Å². The fourth-order valence-electron chi connectivity index (χ4n) is 2.70. The van der Waals surface area contributed by atoms with Crippen molar-refractivity contribution in [2.75, 3.05) is 19.6 Å². The lowest BCUT2D eigenvalue weighted by Gasteiger charge is -2.23. The zero-order valence-corrected chi connectivity index (χ0v) is 13.0. The van der Waals surface area contributed by atoms with E-state index in [1.54, 1.807) is 4.90 Å². The standard InChI is InChI=1S/C15H26N2O4/c1-3-15(14(20)21)8-10-17(11-15)13(19)7-5-4-6-9-16-12(2)18/h3-11H2,1-2H3,(H,16,18)(H,20,21). The van der Waals surface area contributed by atoms with Crippen molar-refractivity contribution in [2.24, 2.45) is 5.41 Å². The van der Waals surface area contributed by atoms with E-state index in [9.17, 15) is 19.5 Å². The highest BCUT2D eigenvalue weighted by Gasteiger charge is 2.44. The van der Waals surface area contributed by atoms with Gasteiger partial charge in [0.1, 0.15) is 0 Å². The lowest BCUT2D eigenvalue weighted by molar-refractivity contribution is -0.148. The summed E-state index contributed by atoms with van der Waals surface area (Å²) in [6, 6.07) is 0. The van der Waals surface area contributed by atoms with E-state index in [1.807, 2.05) is 6.92 Å². The van der Waals surface area contributed by atoms with Crippen LogP contribution in [0.15, 0.2) is 0 Å². The van der Waals surface area contributed by atoms with Crippen LogP contribution in [0.3, 0.4) is 0 Å². The first-order chi connectivity index (χ1) is 9.91. The van der Waals surface area contributed by atoms with Crippen LogP contribution in [0.4, 0.5) is 0 Å². The average Bonchev–Trinajstić information content (AvgIpc) is 2.88. The van der Waals surface area contributed by atoms with E-state index >= 15 is 0 Å². The molecule has 2 amide bonds. The summed E-state index contributed by atoms with van der Waals surface area (Å²) in [5.74, 6) is -0.783. The Balaban J connectivity index is 2.25. The summed E-state index contributed by atoms with van der Waals surface area (Å²) in [4.78, 5) is 35.8. The molecule has 1 aliphatic heterocycles. The third-order valence-electron chi connectivity index (χ3n) is 4.28. The van der Waals surface area contributed by atoms with Crippen molar-refractivity contribution in [1.29, 1.82) is 0 Å². The first kappa shape index (κ1) is 17.5. The van der Waals surface area contributed by atoms with Crippen molar-refractivity contribution in [2.45, 2.75) is 52.4 Å². The molecule has 1 heterocycles. The largest absolute Gasteiger partial charge is 0.481 e. The van der Waals surface area contributed by atoms with Gasteiger partial charge >= 0.3 is 5.97 Å². The maximum absolute atomic E-state index is 12.1. The number of likely N-dealkylation sites (tertiary alicyclic amines) is 1. The molecule has 1 aliphatic rings. The van der Waals surface area contributed by atoms with Crippen LogP contribution in [0.25, 0.3) is 0 Å². The normalized spacial score (nSPS) is 21.3. The Morgan fingerprint density at radius 3 is 2.48 bits per heavy atom. The number of nitrogens with one attached hydrogen (secondary N) is 1. The molecule has 0 aromatic heterocycles. The summed E-state index contributed by atoms with van der Waals surface area (Å²) < 4.78 is 0. The van der Waals surface area contributed by atoms with Crippen LogP contribution in [0.1, 0.15) is 52.4 Å². The molecule has 0 aromatic rings. The summed E-state index contributed by atoms with van der Waals surface area (Å²) in [5, 5.41) is 12.0. The Kier molecular flexibility index (Phi) is 6.65. The zero-order valence-electron chi connectivity index (χ0n) is 13.0. The van der Waals surface area contributed by atoms with Crippen molar-refractivity contribution in [3.8, 4) is 0 Å². The maximum atomic E-state index is 12.1. The van der Waals surface area contributed by atoms with Crippen LogP contribution >= 0.6 is 0 Å². The molecule has 0 spiro atoms. The van der Waals surface area contributed by atoms with E-state index in [2.05, 4.69) is 5.32 Å². The second-order valence-electron chi connectivity index (χ2n) is 5.80. The third-order valence-corrected chi connectivity index (χ3v) is 4.28. The van der Waals surface area contributed by atoms with E-state index in [0.717, 1.165) is 19.3 Å². The van der Waals surface area contributed by atoms with Gasteiger partial charge in [0, 0.05) is 33.0 Å². The highest BCUT2D eigenvalue weighted by Crippen LogP contribution is 2.34. The van der Waals surface area contributed by atoms with Gasteiger partial charge < -0.3 is 15.3 Å². The predicted octanol–water partition coefficient (Wildman–Crippen LogP) is 1.40. The molecule has 120 valence electrons. The number of carboxylic acids is 1. The van der Waals surface area contributed by atoms with Crippen molar-refractivity contribution >= 4 is 17.8 Å². The lowest BCUT2D eigenvalue weighted by atomic mass is 9.84. The summed E-state index contributed by atoms with van der Waals surface area (Å²) in [5.41, 5.74) is -0.749. The van der Waals surface area contributed by atoms with Crippen molar-refractivity contribution in [1.82, 2.24) is 10.2 Å². The van der Waals surface area contributed by atoms with Gasteiger partial charge in [0.25, 0.3) is 0 Å². The summed E-state index contributed by atoms with van der Waals surface area (Å²) in [6.45, 7) is 4.88. The van der Waals surface area contributed by atoms with Crippen LogP contribution in [0.5, 0.6) is 0 Å². The van der Waals surface area contributed by atoms with Gasteiger partial charge in [-0.3, -0.25) is 14.4 Å². The quantitative estimate of drug-likeness (QED) is 0.663. The number of unbranched alkanes of at least 4 members (excludes halogenated alkanes) is 2. The molecular weight excluding hydrogens is 272 g/mol. The monoisotopic (exact) mass is 298 g/mol. The number of rotatable bonds is 8. The number of hydrogen-bond donors (Lipinski definition) is 2. The molecule has 6 nitrogen and oxygen atoms in total. The Hall–Kier alpha value is -1.59. The third kappa shape index (κ3) is 5.02. The van der Waals surface area contributed by atoms with E-state index in [0.29, 0.717) is 38.9 Å². The van der Waals surface area contributed by atoms with Crippen LogP contribution in [-0.2, 0) is 14.4 Å². The Bertz CT molecular complexity index is 397.